The molecular formula is C20H30O3. The van der Waals surface area contributed by atoms with Gasteiger partial charge in [-0.15, -0.1) is 0 Å². The molecule has 23 heavy (non-hydrogen) atoms. The first-order valence-corrected chi connectivity index (χ1v) is 8.97. The van der Waals surface area contributed by atoms with Gasteiger partial charge in [0.05, 0.1) is 6.42 Å². The number of carboxylic acid groups (broad SMARTS) is 1. The highest BCUT2D eigenvalue weighted by atomic mass is 16.4. The molecular weight excluding hydrogens is 288 g/mol. The molecule has 0 aromatic heterocycles. The monoisotopic (exact) mass is 318 g/mol. The van der Waals surface area contributed by atoms with Gasteiger partial charge in [0, 0.05) is 12.0 Å². The highest BCUT2D eigenvalue weighted by Crippen LogP contribution is 2.13. The Bertz CT molecular complexity index is 462. The van der Waals surface area contributed by atoms with Crippen LogP contribution in [0.2, 0.25) is 0 Å². The van der Waals surface area contributed by atoms with Crippen molar-refractivity contribution in [3.8, 4) is 0 Å². The summed E-state index contributed by atoms with van der Waals surface area (Å²) in [6.45, 7) is 2.24. The van der Waals surface area contributed by atoms with Crippen LogP contribution in [0.4, 0.5) is 0 Å². The van der Waals surface area contributed by atoms with Gasteiger partial charge in [-0.25, -0.2) is 0 Å². The molecule has 0 aliphatic rings. The number of carbonyl (C=O) groups excluding carboxylic acids is 1. The molecule has 0 heterocycles. The van der Waals surface area contributed by atoms with Gasteiger partial charge in [-0.05, 0) is 18.4 Å². The minimum Gasteiger partial charge on any atom is -0.481 e. The van der Waals surface area contributed by atoms with E-state index in [9.17, 15) is 9.59 Å². The maximum atomic E-state index is 11.8. The molecule has 0 saturated carbocycles. The Kier molecular flexibility index (Phi) is 10.0. The van der Waals surface area contributed by atoms with E-state index < -0.39 is 5.97 Å². The summed E-state index contributed by atoms with van der Waals surface area (Å²) < 4.78 is 0. The summed E-state index contributed by atoms with van der Waals surface area (Å²) in [6, 6.07) is 7.64. The normalized spacial score (nSPS) is 10.7. The van der Waals surface area contributed by atoms with Crippen LogP contribution in [-0.2, 0) is 11.2 Å². The number of carbonyl (C=O) groups is 2. The van der Waals surface area contributed by atoms with E-state index in [1.807, 2.05) is 24.3 Å². The van der Waals surface area contributed by atoms with E-state index in [2.05, 4.69) is 6.92 Å². The van der Waals surface area contributed by atoms with Gasteiger partial charge in [0.15, 0.2) is 5.78 Å². The Morgan fingerprint density at radius 2 is 1.39 bits per heavy atom. The van der Waals surface area contributed by atoms with Crippen molar-refractivity contribution in [2.24, 2.45) is 0 Å². The van der Waals surface area contributed by atoms with E-state index in [4.69, 9.17) is 5.11 Å². The lowest BCUT2D eigenvalue weighted by Crippen LogP contribution is -2.03. The number of benzene rings is 1. The van der Waals surface area contributed by atoms with Crippen molar-refractivity contribution in [1.82, 2.24) is 0 Å². The number of aryl methyl sites for hydroxylation is 1. The zero-order valence-electron chi connectivity index (χ0n) is 14.4. The van der Waals surface area contributed by atoms with Crippen molar-refractivity contribution < 1.29 is 14.7 Å². The third-order valence-electron chi connectivity index (χ3n) is 4.16. The van der Waals surface area contributed by atoms with Crippen molar-refractivity contribution in [3.63, 3.8) is 0 Å². The standard InChI is InChI=1S/C20H30O3/c1-2-3-4-5-6-7-8-9-10-17-11-13-18(14-12-17)19(21)15-16-20(22)23/h11-14H,2-10,15-16H2,1H3,(H,22,23). The number of carboxylic acids is 1. The van der Waals surface area contributed by atoms with Gasteiger partial charge < -0.3 is 5.11 Å². The van der Waals surface area contributed by atoms with Crippen LogP contribution in [0, 0.1) is 0 Å². The molecule has 1 aromatic carbocycles. The van der Waals surface area contributed by atoms with Gasteiger partial charge in [-0.2, -0.15) is 0 Å². The third-order valence-corrected chi connectivity index (χ3v) is 4.16. The van der Waals surface area contributed by atoms with Gasteiger partial charge in [0.25, 0.3) is 0 Å². The van der Waals surface area contributed by atoms with Crippen LogP contribution in [-0.4, -0.2) is 16.9 Å². The molecule has 1 N–H and O–H groups in total. The first-order chi connectivity index (χ1) is 11.1. The molecule has 0 aliphatic heterocycles. The Morgan fingerprint density at radius 1 is 0.826 bits per heavy atom. The van der Waals surface area contributed by atoms with Crippen LogP contribution in [0.5, 0.6) is 0 Å². The predicted octanol–water partition coefficient (Wildman–Crippen LogP) is 5.42. The first kappa shape index (κ1) is 19.4. The fourth-order valence-corrected chi connectivity index (χ4v) is 2.69. The summed E-state index contributed by atoms with van der Waals surface area (Å²) >= 11 is 0. The van der Waals surface area contributed by atoms with Crippen molar-refractivity contribution in [2.75, 3.05) is 0 Å². The Balaban J connectivity index is 2.18. The average molecular weight is 318 g/mol. The maximum Gasteiger partial charge on any atom is 0.303 e. The van der Waals surface area contributed by atoms with Crippen LogP contribution >= 0.6 is 0 Å². The zero-order chi connectivity index (χ0) is 16.9. The number of unbranched alkanes of at least 4 members (excludes halogenated alkanes) is 7. The maximum absolute atomic E-state index is 11.8. The van der Waals surface area contributed by atoms with E-state index in [1.54, 1.807) is 0 Å². The molecule has 1 aromatic rings. The summed E-state index contributed by atoms with van der Waals surface area (Å²) in [5, 5.41) is 8.60. The summed E-state index contributed by atoms with van der Waals surface area (Å²) in [4.78, 5) is 22.3. The van der Waals surface area contributed by atoms with E-state index in [0.717, 1.165) is 6.42 Å². The Labute approximate surface area is 140 Å². The zero-order valence-corrected chi connectivity index (χ0v) is 14.4. The number of Topliss-reactive ketones (excluding diaryl/α,β-unsaturated/α-hetero) is 1. The van der Waals surface area contributed by atoms with Gasteiger partial charge >= 0.3 is 5.97 Å². The number of aliphatic carboxylic acids is 1. The molecule has 1 rings (SSSR count). The number of hydrogen-bond acceptors (Lipinski definition) is 2. The number of rotatable bonds is 13. The van der Waals surface area contributed by atoms with E-state index in [1.165, 1.54) is 56.9 Å². The summed E-state index contributed by atoms with van der Waals surface area (Å²) in [5.74, 6) is -1.02. The molecule has 0 radical (unpaired) electrons. The fraction of sp³-hybridized carbons (Fsp3) is 0.600. The molecule has 128 valence electrons. The fourth-order valence-electron chi connectivity index (χ4n) is 2.69. The quantitative estimate of drug-likeness (QED) is 0.390. The third kappa shape index (κ3) is 9.17. The second kappa shape index (κ2) is 11.9. The van der Waals surface area contributed by atoms with Crippen LogP contribution in [0.25, 0.3) is 0 Å². The van der Waals surface area contributed by atoms with Gasteiger partial charge in [0.1, 0.15) is 0 Å². The molecule has 0 unspecified atom stereocenters. The first-order valence-electron chi connectivity index (χ1n) is 8.97. The topological polar surface area (TPSA) is 54.4 Å². The average Bonchev–Trinajstić information content (AvgIpc) is 2.55. The van der Waals surface area contributed by atoms with E-state index in [-0.39, 0.29) is 18.6 Å². The van der Waals surface area contributed by atoms with Crippen molar-refractivity contribution >= 4 is 11.8 Å². The van der Waals surface area contributed by atoms with E-state index in [0.29, 0.717) is 5.56 Å². The summed E-state index contributed by atoms with van der Waals surface area (Å²) in [5.41, 5.74) is 1.87. The minimum absolute atomic E-state index is 0.0761. The van der Waals surface area contributed by atoms with Gasteiger partial charge in [-0.1, -0.05) is 76.1 Å². The highest BCUT2D eigenvalue weighted by molar-refractivity contribution is 5.97. The molecule has 0 atom stereocenters. The van der Waals surface area contributed by atoms with E-state index >= 15 is 0 Å². The molecule has 3 heteroatoms. The van der Waals surface area contributed by atoms with Crippen molar-refractivity contribution in [2.45, 2.75) is 77.6 Å². The molecule has 0 aliphatic carbocycles. The Morgan fingerprint density at radius 3 is 1.96 bits per heavy atom. The van der Waals surface area contributed by atoms with Crippen LogP contribution < -0.4 is 0 Å². The number of ketones is 1. The van der Waals surface area contributed by atoms with Crippen LogP contribution in [0.15, 0.2) is 24.3 Å². The largest absolute Gasteiger partial charge is 0.481 e. The smallest absolute Gasteiger partial charge is 0.303 e. The van der Waals surface area contributed by atoms with Crippen molar-refractivity contribution in [1.29, 1.82) is 0 Å². The highest BCUT2D eigenvalue weighted by Gasteiger charge is 2.08. The van der Waals surface area contributed by atoms with Crippen LogP contribution in [0.1, 0.15) is 87.1 Å². The lowest BCUT2D eigenvalue weighted by atomic mass is 10.0. The molecule has 0 spiro atoms. The lowest BCUT2D eigenvalue weighted by Gasteiger charge is -2.04. The molecule has 0 bridgehead atoms. The SMILES string of the molecule is CCCCCCCCCCc1ccc(C(=O)CCC(=O)O)cc1. The Hall–Kier alpha value is -1.64. The second-order valence-corrected chi connectivity index (χ2v) is 6.24. The lowest BCUT2D eigenvalue weighted by molar-refractivity contribution is -0.136. The second-order valence-electron chi connectivity index (χ2n) is 6.24. The summed E-state index contributed by atoms with van der Waals surface area (Å²) in [7, 11) is 0. The van der Waals surface area contributed by atoms with Gasteiger partial charge in [0.2, 0.25) is 0 Å². The molecule has 3 nitrogen and oxygen atoms in total. The van der Waals surface area contributed by atoms with Crippen molar-refractivity contribution in [3.05, 3.63) is 35.4 Å². The molecule has 0 amide bonds. The van der Waals surface area contributed by atoms with Crippen LogP contribution in [0.3, 0.4) is 0 Å². The number of hydrogen-bond donors (Lipinski definition) is 1. The molecule has 0 fully saturated rings. The predicted molar refractivity (Wildman–Crippen MR) is 94.0 cm³/mol. The van der Waals surface area contributed by atoms with Gasteiger partial charge in [-0.3, -0.25) is 9.59 Å². The molecule has 0 saturated heterocycles. The summed E-state index contributed by atoms with van der Waals surface area (Å²) in [6.07, 6.45) is 11.5. The minimum atomic E-state index is -0.926.